The number of hydrogen-bond acceptors (Lipinski definition) is 4. The fourth-order valence-corrected chi connectivity index (χ4v) is 2.23. The van der Waals surface area contributed by atoms with E-state index >= 15 is 0 Å². The molecule has 0 aliphatic rings. The maximum Gasteiger partial charge on any atom is 0.306 e. The summed E-state index contributed by atoms with van der Waals surface area (Å²) in [6.07, 6.45) is 3.19. The molecule has 0 fully saturated rings. The van der Waals surface area contributed by atoms with E-state index in [0.717, 1.165) is 30.7 Å². The van der Waals surface area contributed by atoms with Gasteiger partial charge in [-0.3, -0.25) is 9.79 Å². The van der Waals surface area contributed by atoms with E-state index in [2.05, 4.69) is 10.3 Å². The zero-order valence-corrected chi connectivity index (χ0v) is 19.4. The predicted molar refractivity (Wildman–Crippen MR) is 122 cm³/mol. The summed E-state index contributed by atoms with van der Waals surface area (Å²) >= 11 is 0. The fourth-order valence-electron chi connectivity index (χ4n) is 2.23. The number of hydrogen-bond donors (Lipinski definition) is 2. The van der Waals surface area contributed by atoms with Crippen molar-refractivity contribution < 1.29 is 14.3 Å². The van der Waals surface area contributed by atoms with Gasteiger partial charge in [-0.25, -0.2) is 0 Å². The Morgan fingerprint density at radius 3 is 2.33 bits per heavy atom. The number of carbonyl (C=O) groups is 1. The Bertz CT molecular complexity index is 581. The molecule has 1 aromatic rings. The van der Waals surface area contributed by atoms with Crippen LogP contribution in [-0.2, 0) is 9.53 Å². The molecule has 0 heterocycles. The highest BCUT2D eigenvalue weighted by atomic mass is 127. The van der Waals surface area contributed by atoms with Crippen LogP contribution in [0, 0.1) is 0 Å². The van der Waals surface area contributed by atoms with E-state index in [1.54, 1.807) is 0 Å². The number of ether oxygens (including phenoxy) is 2. The Morgan fingerprint density at radius 2 is 1.78 bits per heavy atom. The second kappa shape index (κ2) is 12.8. The van der Waals surface area contributed by atoms with Crippen molar-refractivity contribution in [1.82, 2.24) is 0 Å². The second-order valence-corrected chi connectivity index (χ2v) is 7.48. The highest BCUT2D eigenvalue weighted by Crippen LogP contribution is 2.16. The molecule has 0 radical (unpaired) electrons. The largest absolute Gasteiger partial charge is 0.491 e. The van der Waals surface area contributed by atoms with Gasteiger partial charge in [0.15, 0.2) is 5.96 Å². The highest BCUT2D eigenvalue weighted by molar-refractivity contribution is 14.0. The lowest BCUT2D eigenvalue weighted by atomic mass is 10.1. The van der Waals surface area contributed by atoms with E-state index in [0.29, 0.717) is 18.9 Å². The van der Waals surface area contributed by atoms with Crippen molar-refractivity contribution in [3.8, 4) is 5.75 Å². The summed E-state index contributed by atoms with van der Waals surface area (Å²) in [6.45, 7) is 10.2. The molecule has 0 saturated carbocycles. The third-order valence-electron chi connectivity index (χ3n) is 3.24. The Kier molecular flexibility index (Phi) is 12.1. The van der Waals surface area contributed by atoms with Gasteiger partial charge in [0.25, 0.3) is 0 Å². The summed E-state index contributed by atoms with van der Waals surface area (Å²) < 4.78 is 10.9. The Hall–Kier alpha value is -1.51. The van der Waals surface area contributed by atoms with Gasteiger partial charge in [0, 0.05) is 18.7 Å². The first-order valence-corrected chi connectivity index (χ1v) is 9.21. The van der Waals surface area contributed by atoms with E-state index in [4.69, 9.17) is 15.2 Å². The summed E-state index contributed by atoms with van der Waals surface area (Å²) in [6, 6.07) is 7.60. The number of rotatable bonds is 9. The molecule has 0 unspecified atom stereocenters. The molecular weight excluding hydrogens is 457 g/mol. The third kappa shape index (κ3) is 13.3. The molecule has 6 nitrogen and oxygen atoms in total. The topological polar surface area (TPSA) is 85.9 Å². The van der Waals surface area contributed by atoms with Crippen LogP contribution < -0.4 is 15.8 Å². The lowest BCUT2D eigenvalue weighted by Crippen LogP contribution is -2.23. The predicted octanol–water partition coefficient (Wildman–Crippen LogP) is 4.72. The van der Waals surface area contributed by atoms with Crippen molar-refractivity contribution in [3.63, 3.8) is 0 Å². The van der Waals surface area contributed by atoms with Gasteiger partial charge in [0.1, 0.15) is 11.4 Å². The summed E-state index contributed by atoms with van der Waals surface area (Å²) in [7, 11) is 0. The fraction of sp³-hybridized carbons (Fsp3) is 0.600. The van der Waals surface area contributed by atoms with Gasteiger partial charge < -0.3 is 20.5 Å². The highest BCUT2D eigenvalue weighted by Gasteiger charge is 2.15. The van der Waals surface area contributed by atoms with Gasteiger partial charge in [-0.2, -0.15) is 0 Å². The number of esters is 1. The maximum atomic E-state index is 11.6. The average molecular weight is 491 g/mol. The minimum absolute atomic E-state index is 0. The number of benzene rings is 1. The molecule has 0 spiro atoms. The molecule has 0 amide bonds. The number of aliphatic imine (C=N–C) groups is 1. The first-order valence-electron chi connectivity index (χ1n) is 9.21. The molecule has 154 valence electrons. The minimum atomic E-state index is -0.416. The van der Waals surface area contributed by atoms with Crippen molar-refractivity contribution in [2.24, 2.45) is 10.7 Å². The van der Waals surface area contributed by atoms with E-state index < -0.39 is 5.60 Å². The van der Waals surface area contributed by atoms with Crippen LogP contribution in [0.15, 0.2) is 29.3 Å². The summed E-state index contributed by atoms with van der Waals surface area (Å²) in [5, 5.41) is 3.06. The molecule has 0 aliphatic heterocycles. The van der Waals surface area contributed by atoms with Crippen LogP contribution in [0.3, 0.4) is 0 Å². The first kappa shape index (κ1) is 25.5. The number of halogens is 1. The van der Waals surface area contributed by atoms with E-state index in [9.17, 15) is 4.79 Å². The van der Waals surface area contributed by atoms with Crippen LogP contribution in [0.1, 0.15) is 60.3 Å². The van der Waals surface area contributed by atoms with Crippen molar-refractivity contribution in [1.29, 1.82) is 0 Å². The average Bonchev–Trinajstić information content (AvgIpc) is 2.50. The van der Waals surface area contributed by atoms with E-state index in [-0.39, 0.29) is 36.0 Å². The van der Waals surface area contributed by atoms with Crippen LogP contribution >= 0.6 is 24.0 Å². The smallest absolute Gasteiger partial charge is 0.306 e. The number of unbranched alkanes of at least 4 members (excludes halogenated alkanes) is 2. The molecule has 0 bridgehead atoms. The molecule has 0 aliphatic carbocycles. The molecule has 1 aromatic carbocycles. The van der Waals surface area contributed by atoms with Gasteiger partial charge in [-0.05, 0) is 71.7 Å². The molecule has 0 aromatic heterocycles. The lowest BCUT2D eigenvalue weighted by molar-refractivity contribution is -0.154. The molecule has 7 heteroatoms. The molecule has 3 N–H and O–H groups in total. The maximum absolute atomic E-state index is 11.6. The Balaban J connectivity index is 0.00000676. The monoisotopic (exact) mass is 491 g/mol. The zero-order chi connectivity index (χ0) is 19.6. The van der Waals surface area contributed by atoms with Gasteiger partial charge >= 0.3 is 5.97 Å². The summed E-state index contributed by atoms with van der Waals surface area (Å²) in [4.78, 5) is 15.9. The SMILES string of the molecule is CC(C)Oc1ccc(NC(N)=NCCCCCC(=O)OC(C)(C)C)cc1.I. The zero-order valence-electron chi connectivity index (χ0n) is 17.1. The number of nitrogens with one attached hydrogen (secondary N) is 1. The van der Waals surface area contributed by atoms with E-state index in [1.165, 1.54) is 0 Å². The van der Waals surface area contributed by atoms with Crippen molar-refractivity contribution in [3.05, 3.63) is 24.3 Å². The van der Waals surface area contributed by atoms with Crippen LogP contribution in [-0.4, -0.2) is 30.2 Å². The number of nitrogens with two attached hydrogens (primary N) is 1. The molecule has 27 heavy (non-hydrogen) atoms. The van der Waals surface area contributed by atoms with Crippen LogP contribution in [0.4, 0.5) is 5.69 Å². The first-order chi connectivity index (χ1) is 12.2. The third-order valence-corrected chi connectivity index (χ3v) is 3.24. The second-order valence-electron chi connectivity index (χ2n) is 7.48. The molecule has 1 rings (SSSR count). The number of anilines is 1. The quantitative estimate of drug-likeness (QED) is 0.172. The van der Waals surface area contributed by atoms with Crippen molar-refractivity contribution >= 4 is 41.6 Å². The van der Waals surface area contributed by atoms with Crippen LogP contribution in [0.5, 0.6) is 5.75 Å². The van der Waals surface area contributed by atoms with Crippen molar-refractivity contribution in [2.45, 2.75) is 72.0 Å². The summed E-state index contributed by atoms with van der Waals surface area (Å²) in [5.74, 6) is 1.06. The van der Waals surface area contributed by atoms with Gasteiger partial charge in [0.2, 0.25) is 0 Å². The number of guanidine groups is 1. The standard InChI is InChI=1S/C20H33N3O3.HI/c1-15(2)25-17-12-10-16(11-13-17)23-19(21)22-14-8-6-7-9-18(24)26-20(3,4)5;/h10-13,15H,6-9,14H2,1-5H3,(H3,21,22,23);1H. The Morgan fingerprint density at radius 1 is 1.15 bits per heavy atom. The minimum Gasteiger partial charge on any atom is -0.491 e. The van der Waals surface area contributed by atoms with Crippen LogP contribution in [0.25, 0.3) is 0 Å². The van der Waals surface area contributed by atoms with Crippen molar-refractivity contribution in [2.75, 3.05) is 11.9 Å². The normalized spacial score (nSPS) is 11.7. The Labute approximate surface area is 180 Å². The van der Waals surface area contributed by atoms with Gasteiger partial charge in [-0.15, -0.1) is 24.0 Å². The lowest BCUT2D eigenvalue weighted by Gasteiger charge is -2.19. The van der Waals surface area contributed by atoms with Crippen LogP contribution in [0.2, 0.25) is 0 Å². The summed E-state index contributed by atoms with van der Waals surface area (Å²) in [5.41, 5.74) is 6.34. The van der Waals surface area contributed by atoms with Gasteiger partial charge in [0.05, 0.1) is 6.10 Å². The molecule has 0 atom stereocenters. The van der Waals surface area contributed by atoms with E-state index in [1.807, 2.05) is 58.9 Å². The number of carbonyl (C=O) groups excluding carboxylic acids is 1. The van der Waals surface area contributed by atoms with Gasteiger partial charge in [-0.1, -0.05) is 6.42 Å². The number of nitrogens with zero attached hydrogens (tertiary/aromatic N) is 1. The molecular formula is C20H34IN3O3. The molecule has 0 saturated heterocycles.